The number of nitrogens with two attached hydrogens (primary N) is 1. The molecule has 0 saturated carbocycles. The van der Waals surface area contributed by atoms with Crippen LogP contribution in [-0.4, -0.2) is 26.4 Å². The van der Waals surface area contributed by atoms with Crippen LogP contribution in [0.4, 0.5) is 20.3 Å². The van der Waals surface area contributed by atoms with E-state index in [1.165, 1.54) is 28.8 Å². The van der Waals surface area contributed by atoms with Gasteiger partial charge in [0.1, 0.15) is 0 Å². The number of hydrogen-bond donors (Lipinski definition) is 2. The molecule has 2 heterocycles. The van der Waals surface area contributed by atoms with E-state index in [1.807, 2.05) is 6.07 Å². The normalized spacial score (nSPS) is 11.5. The summed E-state index contributed by atoms with van der Waals surface area (Å²) in [5.74, 6) is -2.78. The molecule has 0 aliphatic heterocycles. The summed E-state index contributed by atoms with van der Waals surface area (Å²) in [6.45, 7) is -0.364. The highest BCUT2D eigenvalue weighted by atomic mass is 19.3. The van der Waals surface area contributed by atoms with Gasteiger partial charge in [0.25, 0.3) is 5.92 Å². The van der Waals surface area contributed by atoms with Crippen LogP contribution in [0.1, 0.15) is 12.0 Å². The van der Waals surface area contributed by atoms with E-state index in [9.17, 15) is 0 Å². The van der Waals surface area contributed by atoms with Crippen molar-refractivity contribution in [2.45, 2.75) is 18.9 Å². The maximum Gasteiger partial charge on any atom is 0.290 e. The fraction of sp³-hybridized carbons (Fsp3) is 0.200. The van der Waals surface area contributed by atoms with Crippen molar-refractivity contribution in [1.29, 1.82) is 5.26 Å². The molecule has 10 heteroatoms. The van der Waals surface area contributed by atoms with Crippen LogP contribution in [0.3, 0.4) is 0 Å². The van der Waals surface area contributed by atoms with E-state index >= 15 is 8.78 Å². The van der Waals surface area contributed by atoms with Crippen molar-refractivity contribution in [3.05, 3.63) is 54.1 Å². The number of alkyl halides is 2. The van der Waals surface area contributed by atoms with Crippen LogP contribution in [0, 0.1) is 11.3 Å². The number of imidazole rings is 1. The molecule has 0 radical (unpaired) electrons. The fourth-order valence-electron chi connectivity index (χ4n) is 3.12. The molecule has 0 amide bonds. The maximum atomic E-state index is 15.1. The van der Waals surface area contributed by atoms with E-state index in [-0.39, 0.29) is 29.3 Å². The van der Waals surface area contributed by atoms with Crippen molar-refractivity contribution in [3.8, 4) is 17.6 Å². The summed E-state index contributed by atoms with van der Waals surface area (Å²) in [4.78, 5) is 4.48. The molecule has 0 aliphatic rings. The van der Waals surface area contributed by atoms with E-state index in [0.29, 0.717) is 23.3 Å². The van der Waals surface area contributed by atoms with E-state index in [2.05, 4.69) is 20.6 Å². The van der Waals surface area contributed by atoms with Crippen molar-refractivity contribution in [2.24, 2.45) is 0 Å². The number of fused-ring (bicyclic) bond motifs is 1. The molecule has 0 bridgehead atoms. The van der Waals surface area contributed by atoms with Crippen LogP contribution in [0.25, 0.3) is 22.6 Å². The van der Waals surface area contributed by atoms with Crippen LogP contribution in [-0.2, 0) is 12.5 Å². The Morgan fingerprint density at radius 1 is 1.13 bits per heavy atom. The van der Waals surface area contributed by atoms with Gasteiger partial charge in [-0.05, 0) is 34.6 Å². The smallest absolute Gasteiger partial charge is 0.290 e. The second-order valence-corrected chi connectivity index (χ2v) is 6.63. The first kappa shape index (κ1) is 19.3. The molecular weight excluding hydrogens is 392 g/mol. The molecule has 30 heavy (non-hydrogen) atoms. The Bertz CT molecular complexity index is 1210. The molecule has 2 aromatic heterocycles. The zero-order chi connectivity index (χ0) is 21.1. The van der Waals surface area contributed by atoms with Gasteiger partial charge in [-0.1, -0.05) is 24.3 Å². The lowest BCUT2D eigenvalue weighted by molar-refractivity contribution is -0.0208. The Balaban J connectivity index is 1.78. The Morgan fingerprint density at radius 2 is 1.90 bits per heavy atom. The van der Waals surface area contributed by atoms with Crippen molar-refractivity contribution >= 4 is 22.5 Å². The number of nitrogen functional groups attached to an aromatic ring is 1. The minimum atomic E-state index is -3.20. The molecule has 0 saturated heterocycles. The Hall–Kier alpha value is -4.00. The molecule has 4 aromatic rings. The van der Waals surface area contributed by atoms with Gasteiger partial charge in [-0.15, -0.1) is 0 Å². The van der Waals surface area contributed by atoms with E-state index in [0.717, 1.165) is 0 Å². The summed E-state index contributed by atoms with van der Waals surface area (Å²) >= 11 is 0. The Labute approximate surface area is 169 Å². The number of nitriles is 1. The lowest BCUT2D eigenvalue weighted by atomic mass is 10.1. The molecule has 2 aromatic carbocycles. The van der Waals surface area contributed by atoms with Crippen molar-refractivity contribution in [3.63, 3.8) is 0 Å². The summed E-state index contributed by atoms with van der Waals surface area (Å²) in [7, 11) is 0. The predicted molar refractivity (Wildman–Crippen MR) is 106 cm³/mol. The average Bonchev–Trinajstić information content (AvgIpc) is 3.33. The number of rotatable bonds is 7. The second kappa shape index (κ2) is 7.79. The summed E-state index contributed by atoms with van der Waals surface area (Å²) in [6.07, 6.45) is 0.234. The van der Waals surface area contributed by atoms with Crippen LogP contribution in [0.2, 0.25) is 0 Å². The SMILES string of the molecule is N#CCCNc1nonc1-c1nc2ccccc2n1CC(F)(F)c1ccc(N)cc1. The monoisotopic (exact) mass is 409 g/mol. The molecule has 0 aliphatic carbocycles. The van der Waals surface area contributed by atoms with Gasteiger partial charge in [0, 0.05) is 17.8 Å². The molecule has 0 fully saturated rings. The molecule has 0 unspecified atom stereocenters. The summed E-state index contributed by atoms with van der Waals surface area (Å²) < 4.78 is 36.5. The van der Waals surface area contributed by atoms with Gasteiger partial charge in [0.2, 0.25) is 5.82 Å². The molecular formula is C20H17F2N7O. The summed E-state index contributed by atoms with van der Waals surface area (Å²) in [5, 5.41) is 19.3. The minimum Gasteiger partial charge on any atom is -0.399 e. The third-order valence-corrected chi connectivity index (χ3v) is 4.57. The highest BCUT2D eigenvalue weighted by molar-refractivity contribution is 5.82. The molecule has 0 spiro atoms. The lowest BCUT2D eigenvalue weighted by Gasteiger charge is -2.19. The van der Waals surface area contributed by atoms with Crippen LogP contribution >= 0.6 is 0 Å². The van der Waals surface area contributed by atoms with E-state index in [1.54, 1.807) is 24.3 Å². The number of nitrogens with one attached hydrogen (secondary N) is 1. The molecule has 152 valence electrons. The Morgan fingerprint density at radius 3 is 2.67 bits per heavy atom. The largest absolute Gasteiger partial charge is 0.399 e. The second-order valence-electron chi connectivity index (χ2n) is 6.63. The van der Waals surface area contributed by atoms with Gasteiger partial charge in [0.15, 0.2) is 11.5 Å². The first-order valence-electron chi connectivity index (χ1n) is 9.12. The Kier molecular flexibility index (Phi) is 5.02. The number of nitrogens with zero attached hydrogens (tertiary/aromatic N) is 5. The quantitative estimate of drug-likeness (QED) is 0.352. The molecule has 0 atom stereocenters. The first-order valence-corrected chi connectivity index (χ1v) is 9.12. The highest BCUT2D eigenvalue weighted by Gasteiger charge is 2.34. The topological polar surface area (TPSA) is 119 Å². The maximum absolute atomic E-state index is 15.1. The number of hydrogen-bond acceptors (Lipinski definition) is 7. The van der Waals surface area contributed by atoms with Crippen LogP contribution < -0.4 is 11.1 Å². The predicted octanol–water partition coefficient (Wildman–Crippen LogP) is 3.79. The minimum absolute atomic E-state index is 0.161. The third kappa shape index (κ3) is 3.65. The van der Waals surface area contributed by atoms with Crippen molar-refractivity contribution < 1.29 is 13.4 Å². The summed E-state index contributed by atoms with van der Waals surface area (Å²) in [5.41, 5.74) is 7.12. The van der Waals surface area contributed by atoms with Gasteiger partial charge >= 0.3 is 0 Å². The van der Waals surface area contributed by atoms with Crippen molar-refractivity contribution in [2.75, 3.05) is 17.6 Å². The van der Waals surface area contributed by atoms with Gasteiger partial charge in [-0.25, -0.2) is 9.61 Å². The molecule has 3 N–H and O–H groups in total. The van der Waals surface area contributed by atoms with E-state index in [4.69, 9.17) is 15.6 Å². The van der Waals surface area contributed by atoms with Gasteiger partial charge < -0.3 is 15.6 Å². The van der Waals surface area contributed by atoms with Gasteiger partial charge in [0.05, 0.1) is 30.1 Å². The van der Waals surface area contributed by atoms with Crippen LogP contribution in [0.15, 0.2) is 53.2 Å². The fourth-order valence-corrected chi connectivity index (χ4v) is 3.12. The number of anilines is 2. The lowest BCUT2D eigenvalue weighted by Crippen LogP contribution is -2.22. The first-order chi connectivity index (χ1) is 14.5. The number of benzene rings is 2. The van der Waals surface area contributed by atoms with Gasteiger partial charge in [-0.3, -0.25) is 0 Å². The highest BCUT2D eigenvalue weighted by Crippen LogP contribution is 2.35. The average molecular weight is 409 g/mol. The third-order valence-electron chi connectivity index (χ3n) is 4.57. The molecule has 4 rings (SSSR count). The molecule has 8 nitrogen and oxygen atoms in total. The number of para-hydroxylation sites is 2. The van der Waals surface area contributed by atoms with E-state index < -0.39 is 12.5 Å². The van der Waals surface area contributed by atoms with Crippen molar-refractivity contribution in [1.82, 2.24) is 19.9 Å². The standard InChI is InChI=1S/C20H17F2N7O/c21-20(22,13-6-8-14(24)9-7-13)12-29-16-5-2-1-4-15(16)26-19(29)17-18(28-30-27-17)25-11-3-10-23/h1-2,4-9H,3,11-12,24H2,(H,25,28). The zero-order valence-electron chi connectivity index (χ0n) is 15.7. The number of halogens is 2. The van der Waals surface area contributed by atoms with Crippen LogP contribution in [0.5, 0.6) is 0 Å². The van der Waals surface area contributed by atoms with Gasteiger partial charge in [-0.2, -0.15) is 14.0 Å². The zero-order valence-corrected chi connectivity index (χ0v) is 15.7. The number of aromatic nitrogens is 4. The summed E-state index contributed by atoms with van der Waals surface area (Å²) in [6, 6.07) is 14.5.